The minimum Gasteiger partial charge on any atom is -0.351 e. The van der Waals surface area contributed by atoms with Crippen LogP contribution in [0.15, 0.2) is 6.20 Å². The molecule has 4 heteroatoms. The molecule has 0 saturated heterocycles. The lowest BCUT2D eigenvalue weighted by Crippen LogP contribution is -2.20. The Morgan fingerprint density at radius 1 is 1.67 bits per heavy atom. The quantitative estimate of drug-likeness (QED) is 0.830. The van der Waals surface area contributed by atoms with Crippen molar-refractivity contribution < 1.29 is 0 Å². The van der Waals surface area contributed by atoms with Crippen molar-refractivity contribution in [3.63, 3.8) is 0 Å². The van der Waals surface area contributed by atoms with Crippen molar-refractivity contribution in [1.82, 2.24) is 10.3 Å². The van der Waals surface area contributed by atoms with Crippen molar-refractivity contribution in [1.29, 1.82) is 0 Å². The highest BCUT2D eigenvalue weighted by atomic mass is 32.1. The zero-order valence-electron chi connectivity index (χ0n) is 9.66. The zero-order valence-corrected chi connectivity index (χ0v) is 10.5. The Labute approximate surface area is 95.5 Å². The number of rotatable bonds is 5. The predicted octanol–water partition coefficient (Wildman–Crippen LogP) is 1.95. The Balaban J connectivity index is 1.90. The maximum atomic E-state index is 4.45. The second-order valence-electron chi connectivity index (χ2n) is 4.49. The highest BCUT2D eigenvalue weighted by molar-refractivity contribution is 7.15. The SMILES string of the molecule is CNCc1cnc(N(C)CC2CC2C)s1. The van der Waals surface area contributed by atoms with E-state index < -0.39 is 0 Å². The molecular formula is C11H19N3S. The van der Waals surface area contributed by atoms with Crippen molar-refractivity contribution in [2.24, 2.45) is 11.8 Å². The normalized spacial score (nSPS) is 24.2. The Kier molecular flexibility index (Phi) is 3.26. The van der Waals surface area contributed by atoms with Crippen LogP contribution in [0.3, 0.4) is 0 Å². The van der Waals surface area contributed by atoms with Crippen LogP contribution in [0.25, 0.3) is 0 Å². The van der Waals surface area contributed by atoms with Gasteiger partial charge in [0.25, 0.3) is 0 Å². The summed E-state index contributed by atoms with van der Waals surface area (Å²) in [5.74, 6) is 1.82. The molecule has 1 fully saturated rings. The third-order valence-electron chi connectivity index (χ3n) is 3.00. The summed E-state index contributed by atoms with van der Waals surface area (Å²) >= 11 is 1.79. The first-order chi connectivity index (χ1) is 7.20. The molecule has 1 N–H and O–H groups in total. The first-order valence-corrected chi connectivity index (χ1v) is 6.32. The van der Waals surface area contributed by atoms with E-state index in [1.54, 1.807) is 11.3 Å². The summed E-state index contributed by atoms with van der Waals surface area (Å²) < 4.78 is 0. The van der Waals surface area contributed by atoms with Crippen LogP contribution in [0, 0.1) is 11.8 Å². The van der Waals surface area contributed by atoms with Gasteiger partial charge in [0.2, 0.25) is 0 Å². The Bertz CT molecular complexity index is 323. The largest absolute Gasteiger partial charge is 0.351 e. The second-order valence-corrected chi connectivity index (χ2v) is 5.59. The summed E-state index contributed by atoms with van der Waals surface area (Å²) in [5, 5.41) is 4.30. The van der Waals surface area contributed by atoms with Crippen LogP contribution >= 0.6 is 11.3 Å². The van der Waals surface area contributed by atoms with E-state index in [4.69, 9.17) is 0 Å². The molecule has 0 spiro atoms. The van der Waals surface area contributed by atoms with E-state index in [0.717, 1.165) is 30.1 Å². The van der Waals surface area contributed by atoms with Crippen molar-refractivity contribution >= 4 is 16.5 Å². The number of anilines is 1. The molecule has 1 aromatic heterocycles. The van der Waals surface area contributed by atoms with Gasteiger partial charge in [0.1, 0.15) is 0 Å². The summed E-state index contributed by atoms with van der Waals surface area (Å²) in [5.41, 5.74) is 0. The molecule has 2 atom stereocenters. The summed E-state index contributed by atoms with van der Waals surface area (Å²) in [6.07, 6.45) is 3.36. The lowest BCUT2D eigenvalue weighted by Gasteiger charge is -2.14. The van der Waals surface area contributed by atoms with E-state index in [2.05, 4.69) is 29.2 Å². The molecule has 84 valence electrons. The van der Waals surface area contributed by atoms with E-state index in [1.165, 1.54) is 11.3 Å². The average Bonchev–Trinajstić information content (AvgIpc) is 2.72. The molecule has 1 aliphatic carbocycles. The van der Waals surface area contributed by atoms with Gasteiger partial charge in [-0.15, -0.1) is 11.3 Å². The van der Waals surface area contributed by atoms with Gasteiger partial charge in [-0.2, -0.15) is 0 Å². The molecule has 0 aliphatic heterocycles. The van der Waals surface area contributed by atoms with Gasteiger partial charge in [0.05, 0.1) is 0 Å². The molecule has 0 amide bonds. The summed E-state index contributed by atoms with van der Waals surface area (Å²) in [6.45, 7) is 4.41. The van der Waals surface area contributed by atoms with Crippen LogP contribution in [-0.4, -0.2) is 25.6 Å². The smallest absolute Gasteiger partial charge is 0.185 e. The third-order valence-corrected chi connectivity index (χ3v) is 4.12. The van der Waals surface area contributed by atoms with Crippen molar-refractivity contribution in [3.05, 3.63) is 11.1 Å². The van der Waals surface area contributed by atoms with Gasteiger partial charge in [-0.3, -0.25) is 0 Å². The average molecular weight is 225 g/mol. The van der Waals surface area contributed by atoms with Crippen molar-refractivity contribution in [2.75, 3.05) is 25.5 Å². The summed E-state index contributed by atoms with van der Waals surface area (Å²) in [6, 6.07) is 0. The van der Waals surface area contributed by atoms with Gasteiger partial charge in [-0.1, -0.05) is 6.92 Å². The standard InChI is InChI=1S/C11H19N3S/c1-8-4-9(8)7-14(3)11-13-6-10(15-11)5-12-2/h6,8-9,12H,4-5,7H2,1-3H3. The maximum Gasteiger partial charge on any atom is 0.185 e. The third kappa shape index (κ3) is 2.69. The molecule has 0 radical (unpaired) electrons. The number of hydrogen-bond acceptors (Lipinski definition) is 4. The molecule has 2 unspecified atom stereocenters. The maximum absolute atomic E-state index is 4.45. The zero-order chi connectivity index (χ0) is 10.8. The van der Waals surface area contributed by atoms with Crippen LogP contribution in [-0.2, 0) is 6.54 Å². The first kappa shape index (κ1) is 10.9. The second kappa shape index (κ2) is 4.49. The van der Waals surface area contributed by atoms with Crippen LogP contribution in [0.5, 0.6) is 0 Å². The van der Waals surface area contributed by atoms with E-state index in [9.17, 15) is 0 Å². The van der Waals surface area contributed by atoms with Gasteiger partial charge in [0, 0.05) is 31.2 Å². The highest BCUT2D eigenvalue weighted by Crippen LogP contribution is 2.39. The highest BCUT2D eigenvalue weighted by Gasteiger charge is 2.33. The number of nitrogens with one attached hydrogen (secondary N) is 1. The van der Waals surface area contributed by atoms with Crippen LogP contribution in [0.4, 0.5) is 5.13 Å². The number of hydrogen-bond donors (Lipinski definition) is 1. The van der Waals surface area contributed by atoms with Crippen LogP contribution in [0.1, 0.15) is 18.2 Å². The first-order valence-electron chi connectivity index (χ1n) is 5.51. The lowest BCUT2D eigenvalue weighted by atomic mass is 10.3. The van der Waals surface area contributed by atoms with Gasteiger partial charge in [-0.25, -0.2) is 4.98 Å². The van der Waals surface area contributed by atoms with E-state index in [-0.39, 0.29) is 0 Å². The van der Waals surface area contributed by atoms with E-state index >= 15 is 0 Å². The molecular weight excluding hydrogens is 206 g/mol. The fourth-order valence-electron chi connectivity index (χ4n) is 1.81. The molecule has 1 heterocycles. The minimum atomic E-state index is 0.895. The van der Waals surface area contributed by atoms with Crippen LogP contribution in [0.2, 0.25) is 0 Å². The number of thiazole rings is 1. The molecule has 0 aromatic carbocycles. The fourth-order valence-corrected chi connectivity index (χ4v) is 2.71. The fraction of sp³-hybridized carbons (Fsp3) is 0.727. The Morgan fingerprint density at radius 3 is 3.00 bits per heavy atom. The molecule has 1 saturated carbocycles. The molecule has 3 nitrogen and oxygen atoms in total. The number of aromatic nitrogens is 1. The van der Waals surface area contributed by atoms with Gasteiger partial charge in [0.15, 0.2) is 5.13 Å². The molecule has 1 aromatic rings. The van der Waals surface area contributed by atoms with E-state index in [0.29, 0.717) is 0 Å². The van der Waals surface area contributed by atoms with Crippen molar-refractivity contribution in [2.45, 2.75) is 19.9 Å². The predicted molar refractivity (Wildman–Crippen MR) is 65.4 cm³/mol. The molecule has 15 heavy (non-hydrogen) atoms. The summed E-state index contributed by atoms with van der Waals surface area (Å²) in [7, 11) is 4.11. The van der Waals surface area contributed by atoms with Crippen molar-refractivity contribution in [3.8, 4) is 0 Å². The monoisotopic (exact) mass is 225 g/mol. The van der Waals surface area contributed by atoms with E-state index in [1.807, 2.05) is 13.2 Å². The molecule has 2 rings (SSSR count). The molecule has 1 aliphatic rings. The topological polar surface area (TPSA) is 28.2 Å². The Hall–Kier alpha value is -0.610. The lowest BCUT2D eigenvalue weighted by molar-refractivity contribution is 0.724. The molecule has 0 bridgehead atoms. The van der Waals surface area contributed by atoms with Gasteiger partial charge >= 0.3 is 0 Å². The summed E-state index contributed by atoms with van der Waals surface area (Å²) in [4.78, 5) is 8.04. The number of nitrogens with zero attached hydrogens (tertiary/aromatic N) is 2. The Morgan fingerprint density at radius 2 is 2.40 bits per heavy atom. The van der Waals surface area contributed by atoms with Gasteiger partial charge < -0.3 is 10.2 Å². The van der Waals surface area contributed by atoms with Crippen LogP contribution < -0.4 is 10.2 Å². The minimum absolute atomic E-state index is 0.895. The van der Waals surface area contributed by atoms with Gasteiger partial charge in [-0.05, 0) is 25.3 Å².